The van der Waals surface area contributed by atoms with Crippen molar-refractivity contribution in [2.24, 2.45) is 5.92 Å². The predicted molar refractivity (Wildman–Crippen MR) is 43.0 cm³/mol. The minimum Gasteiger partial charge on any atom is -0.384 e. The van der Waals surface area contributed by atoms with Crippen LogP contribution >= 0.6 is 0 Å². The fourth-order valence-electron chi connectivity index (χ4n) is 1.49. The molecule has 1 fully saturated rings. The van der Waals surface area contributed by atoms with Crippen molar-refractivity contribution in [1.29, 1.82) is 0 Å². The first kappa shape index (κ1) is 7.80. The van der Waals surface area contributed by atoms with Crippen molar-refractivity contribution in [3.63, 3.8) is 0 Å². The fourth-order valence-corrected chi connectivity index (χ4v) is 1.49. The second-order valence-electron chi connectivity index (χ2n) is 3.15. The number of rotatable bonds is 2. The van der Waals surface area contributed by atoms with Gasteiger partial charge < -0.3 is 4.74 Å². The SMILES string of the molecule is C=C1CCC(COC)CC1. The van der Waals surface area contributed by atoms with Crippen LogP contribution in [0, 0.1) is 5.92 Å². The molecule has 0 heterocycles. The first-order valence-electron chi connectivity index (χ1n) is 3.98. The van der Waals surface area contributed by atoms with Crippen LogP contribution in [0.1, 0.15) is 25.7 Å². The summed E-state index contributed by atoms with van der Waals surface area (Å²) < 4.78 is 5.09. The van der Waals surface area contributed by atoms with Gasteiger partial charge in [-0.2, -0.15) is 0 Å². The van der Waals surface area contributed by atoms with Gasteiger partial charge in [0, 0.05) is 13.7 Å². The van der Waals surface area contributed by atoms with E-state index in [1.807, 2.05) is 0 Å². The Morgan fingerprint density at radius 3 is 2.60 bits per heavy atom. The molecule has 1 aliphatic carbocycles. The van der Waals surface area contributed by atoms with Crippen LogP contribution in [0.5, 0.6) is 0 Å². The molecule has 1 nitrogen and oxygen atoms in total. The van der Waals surface area contributed by atoms with Gasteiger partial charge in [0.25, 0.3) is 0 Å². The highest BCUT2D eigenvalue weighted by Crippen LogP contribution is 2.26. The van der Waals surface area contributed by atoms with Crippen LogP contribution in [-0.2, 0) is 4.74 Å². The summed E-state index contributed by atoms with van der Waals surface area (Å²) in [6.07, 6.45) is 5.00. The third-order valence-corrected chi connectivity index (χ3v) is 2.21. The smallest absolute Gasteiger partial charge is 0.0490 e. The first-order valence-corrected chi connectivity index (χ1v) is 3.98. The van der Waals surface area contributed by atoms with Crippen molar-refractivity contribution >= 4 is 0 Å². The van der Waals surface area contributed by atoms with Crippen LogP contribution in [0.15, 0.2) is 12.2 Å². The Balaban J connectivity index is 2.19. The molecule has 0 aromatic rings. The Morgan fingerprint density at radius 1 is 1.50 bits per heavy atom. The first-order chi connectivity index (χ1) is 4.83. The molecule has 1 heteroatoms. The Kier molecular flexibility index (Phi) is 2.94. The van der Waals surface area contributed by atoms with E-state index in [-0.39, 0.29) is 0 Å². The normalized spacial score (nSPS) is 21.5. The van der Waals surface area contributed by atoms with E-state index in [1.54, 1.807) is 7.11 Å². The molecule has 0 saturated heterocycles. The number of methoxy groups -OCH3 is 1. The summed E-state index contributed by atoms with van der Waals surface area (Å²) >= 11 is 0. The van der Waals surface area contributed by atoms with Gasteiger partial charge in [-0.25, -0.2) is 0 Å². The van der Waals surface area contributed by atoms with Gasteiger partial charge >= 0.3 is 0 Å². The summed E-state index contributed by atoms with van der Waals surface area (Å²) in [7, 11) is 1.78. The molecule has 0 N–H and O–H groups in total. The third-order valence-electron chi connectivity index (χ3n) is 2.21. The van der Waals surface area contributed by atoms with Gasteiger partial charge in [0.15, 0.2) is 0 Å². The zero-order valence-electron chi connectivity index (χ0n) is 6.73. The Morgan fingerprint density at radius 2 is 2.10 bits per heavy atom. The third kappa shape index (κ3) is 2.14. The van der Waals surface area contributed by atoms with Crippen LogP contribution in [-0.4, -0.2) is 13.7 Å². The van der Waals surface area contributed by atoms with Gasteiger partial charge in [-0.15, -0.1) is 0 Å². The van der Waals surface area contributed by atoms with E-state index in [2.05, 4.69) is 6.58 Å². The van der Waals surface area contributed by atoms with E-state index in [0.717, 1.165) is 12.5 Å². The number of hydrogen-bond acceptors (Lipinski definition) is 1. The number of ether oxygens (including phenoxy) is 1. The highest BCUT2D eigenvalue weighted by atomic mass is 16.5. The van der Waals surface area contributed by atoms with E-state index >= 15 is 0 Å². The van der Waals surface area contributed by atoms with Gasteiger partial charge in [0.05, 0.1) is 0 Å². The summed E-state index contributed by atoms with van der Waals surface area (Å²) in [5.41, 5.74) is 1.42. The van der Waals surface area contributed by atoms with E-state index in [4.69, 9.17) is 4.74 Å². The highest BCUT2D eigenvalue weighted by molar-refractivity contribution is 4.98. The van der Waals surface area contributed by atoms with Gasteiger partial charge in [-0.05, 0) is 31.6 Å². The summed E-state index contributed by atoms with van der Waals surface area (Å²) in [6, 6.07) is 0. The average Bonchev–Trinajstić information content (AvgIpc) is 1.95. The van der Waals surface area contributed by atoms with Crippen LogP contribution in [0.2, 0.25) is 0 Å². The van der Waals surface area contributed by atoms with Crippen LogP contribution in [0.3, 0.4) is 0 Å². The van der Waals surface area contributed by atoms with Gasteiger partial charge in [0.2, 0.25) is 0 Å². The Labute approximate surface area is 63.1 Å². The number of hydrogen-bond donors (Lipinski definition) is 0. The van der Waals surface area contributed by atoms with Crippen LogP contribution in [0.25, 0.3) is 0 Å². The van der Waals surface area contributed by atoms with Crippen molar-refractivity contribution < 1.29 is 4.74 Å². The maximum Gasteiger partial charge on any atom is 0.0490 e. The lowest BCUT2D eigenvalue weighted by Crippen LogP contribution is -2.12. The molecule has 0 amide bonds. The second kappa shape index (κ2) is 3.77. The van der Waals surface area contributed by atoms with Crippen molar-refractivity contribution in [2.45, 2.75) is 25.7 Å². The minimum atomic E-state index is 0.801. The summed E-state index contributed by atoms with van der Waals surface area (Å²) in [5.74, 6) is 0.801. The topological polar surface area (TPSA) is 9.23 Å². The predicted octanol–water partition coefficient (Wildman–Crippen LogP) is 2.38. The zero-order chi connectivity index (χ0) is 7.40. The van der Waals surface area contributed by atoms with Crippen LogP contribution < -0.4 is 0 Å². The van der Waals surface area contributed by atoms with E-state index in [1.165, 1.54) is 31.3 Å². The molecular weight excluding hydrogens is 124 g/mol. The maximum absolute atomic E-state index is 5.09. The van der Waals surface area contributed by atoms with Gasteiger partial charge in [0.1, 0.15) is 0 Å². The van der Waals surface area contributed by atoms with Crippen molar-refractivity contribution in [3.05, 3.63) is 12.2 Å². The molecule has 0 radical (unpaired) electrons. The summed E-state index contributed by atoms with van der Waals surface area (Å²) in [4.78, 5) is 0. The molecule has 0 unspecified atom stereocenters. The zero-order valence-corrected chi connectivity index (χ0v) is 6.73. The number of allylic oxidation sites excluding steroid dienone is 1. The molecule has 0 aromatic heterocycles. The fraction of sp³-hybridized carbons (Fsp3) is 0.778. The molecule has 10 heavy (non-hydrogen) atoms. The van der Waals surface area contributed by atoms with E-state index < -0.39 is 0 Å². The molecule has 1 saturated carbocycles. The standard InChI is InChI=1S/C9H16O/c1-8-3-5-9(6-4-8)7-10-2/h9H,1,3-7H2,2H3. The van der Waals surface area contributed by atoms with E-state index in [0.29, 0.717) is 0 Å². The lowest BCUT2D eigenvalue weighted by atomic mass is 9.87. The van der Waals surface area contributed by atoms with Crippen molar-refractivity contribution in [2.75, 3.05) is 13.7 Å². The molecule has 1 aliphatic rings. The molecule has 0 aliphatic heterocycles. The minimum absolute atomic E-state index is 0.801. The summed E-state index contributed by atoms with van der Waals surface area (Å²) in [5, 5.41) is 0. The average molecular weight is 140 g/mol. The highest BCUT2D eigenvalue weighted by Gasteiger charge is 2.14. The van der Waals surface area contributed by atoms with E-state index in [9.17, 15) is 0 Å². The largest absolute Gasteiger partial charge is 0.384 e. The van der Waals surface area contributed by atoms with Crippen molar-refractivity contribution in [3.8, 4) is 0 Å². The molecule has 0 spiro atoms. The lowest BCUT2D eigenvalue weighted by Gasteiger charge is -2.21. The molecular formula is C9H16O. The summed E-state index contributed by atoms with van der Waals surface area (Å²) in [6.45, 7) is 4.91. The Bertz CT molecular complexity index is 108. The molecule has 0 aromatic carbocycles. The monoisotopic (exact) mass is 140 g/mol. The molecule has 58 valence electrons. The Hall–Kier alpha value is -0.300. The van der Waals surface area contributed by atoms with Crippen molar-refractivity contribution in [1.82, 2.24) is 0 Å². The second-order valence-corrected chi connectivity index (χ2v) is 3.15. The molecule has 0 atom stereocenters. The maximum atomic E-state index is 5.09. The molecule has 1 rings (SSSR count). The van der Waals surface area contributed by atoms with Gasteiger partial charge in [-0.3, -0.25) is 0 Å². The van der Waals surface area contributed by atoms with Gasteiger partial charge in [-0.1, -0.05) is 12.2 Å². The van der Waals surface area contributed by atoms with Crippen LogP contribution in [0.4, 0.5) is 0 Å². The lowest BCUT2D eigenvalue weighted by molar-refractivity contribution is 0.138. The molecule has 0 bridgehead atoms. The quantitative estimate of drug-likeness (QED) is 0.535.